The minimum atomic E-state index is -0.208. The molecule has 0 aliphatic rings. The van der Waals surface area contributed by atoms with Crippen molar-refractivity contribution >= 4 is 16.8 Å². The number of nitrogens with one attached hydrogen (secondary N) is 2. The highest BCUT2D eigenvalue weighted by atomic mass is 16.5. The fourth-order valence-corrected chi connectivity index (χ4v) is 3.54. The van der Waals surface area contributed by atoms with Crippen LogP contribution in [0, 0.1) is 27.7 Å². The van der Waals surface area contributed by atoms with E-state index in [9.17, 15) is 4.79 Å². The van der Waals surface area contributed by atoms with Gasteiger partial charge >= 0.3 is 0 Å². The first-order valence-electron chi connectivity index (χ1n) is 9.19. The Hall–Kier alpha value is -3.41. The van der Waals surface area contributed by atoms with Crippen LogP contribution in [0.3, 0.4) is 0 Å². The van der Waals surface area contributed by atoms with E-state index in [-0.39, 0.29) is 5.91 Å². The number of hydrogen-bond donors (Lipinski definition) is 2. The van der Waals surface area contributed by atoms with E-state index in [0.717, 1.165) is 27.9 Å². The molecule has 0 saturated heterocycles. The topological polar surface area (TPSA) is 83.8 Å². The number of fused-ring (bicyclic) bond motifs is 1. The molecule has 6 heteroatoms. The average Bonchev–Trinajstić information content (AvgIpc) is 3.21. The third kappa shape index (κ3) is 3.07. The first-order chi connectivity index (χ1) is 13.5. The van der Waals surface area contributed by atoms with Gasteiger partial charge < -0.3 is 14.8 Å². The number of aromatic amines is 1. The van der Waals surface area contributed by atoms with Gasteiger partial charge in [0.1, 0.15) is 17.0 Å². The second-order valence-electron chi connectivity index (χ2n) is 7.10. The molecule has 0 fully saturated rings. The number of aryl methyl sites for hydroxylation is 4. The number of carbonyl (C=O) groups is 1. The number of nitrogens with zero attached hydrogens (tertiary/aromatic N) is 2. The fourth-order valence-electron chi connectivity index (χ4n) is 3.54. The van der Waals surface area contributed by atoms with E-state index < -0.39 is 0 Å². The predicted octanol–water partition coefficient (Wildman–Crippen LogP) is 4.38. The number of aromatic nitrogens is 3. The molecule has 0 radical (unpaired) electrons. The average molecular weight is 374 g/mol. The summed E-state index contributed by atoms with van der Waals surface area (Å²) in [5.41, 5.74) is 7.44. The molecule has 1 amide bonds. The van der Waals surface area contributed by atoms with Crippen molar-refractivity contribution in [3.8, 4) is 11.3 Å². The lowest BCUT2D eigenvalue weighted by molar-refractivity contribution is 0.0950. The summed E-state index contributed by atoms with van der Waals surface area (Å²) in [6.07, 6.45) is 3.33. The lowest BCUT2D eigenvalue weighted by Gasteiger charge is -2.09. The standard InChI is InChI=1S/C22H22N4O2/c1-12-9-17(20-18(10-12)13(2)14(3)25-20)11-24-22(27)19-15(4)28-26-21(19)16-5-7-23-8-6-16/h5-10,25H,11H2,1-4H3,(H,24,27). The van der Waals surface area contributed by atoms with Gasteiger partial charge in [0.05, 0.1) is 5.52 Å². The zero-order valence-electron chi connectivity index (χ0n) is 16.4. The van der Waals surface area contributed by atoms with E-state index in [1.165, 1.54) is 10.9 Å². The first-order valence-corrected chi connectivity index (χ1v) is 9.19. The Kier molecular flexibility index (Phi) is 4.47. The van der Waals surface area contributed by atoms with Crippen LogP contribution in [0.1, 0.15) is 38.5 Å². The molecule has 0 unspecified atom stereocenters. The molecule has 28 heavy (non-hydrogen) atoms. The van der Waals surface area contributed by atoms with Gasteiger partial charge in [0, 0.05) is 35.6 Å². The maximum Gasteiger partial charge on any atom is 0.257 e. The summed E-state index contributed by atoms with van der Waals surface area (Å²) in [6, 6.07) is 7.89. The number of rotatable bonds is 4. The lowest BCUT2D eigenvalue weighted by atomic mass is 10.0. The summed E-state index contributed by atoms with van der Waals surface area (Å²) in [7, 11) is 0. The highest BCUT2D eigenvalue weighted by Gasteiger charge is 2.21. The highest BCUT2D eigenvalue weighted by molar-refractivity contribution is 6.01. The van der Waals surface area contributed by atoms with Crippen molar-refractivity contribution in [2.24, 2.45) is 0 Å². The smallest absolute Gasteiger partial charge is 0.257 e. The van der Waals surface area contributed by atoms with Gasteiger partial charge in [0.25, 0.3) is 5.91 Å². The number of carbonyl (C=O) groups excluding carboxylic acids is 1. The van der Waals surface area contributed by atoms with Crippen molar-refractivity contribution in [3.05, 3.63) is 70.4 Å². The van der Waals surface area contributed by atoms with Gasteiger partial charge in [-0.3, -0.25) is 9.78 Å². The molecule has 2 N–H and O–H groups in total. The van der Waals surface area contributed by atoms with E-state index in [1.807, 2.05) is 12.1 Å². The molecule has 0 atom stereocenters. The van der Waals surface area contributed by atoms with Gasteiger partial charge in [-0.25, -0.2) is 0 Å². The summed E-state index contributed by atoms with van der Waals surface area (Å²) < 4.78 is 5.29. The highest BCUT2D eigenvalue weighted by Crippen LogP contribution is 2.27. The molecule has 6 nitrogen and oxygen atoms in total. The summed E-state index contributed by atoms with van der Waals surface area (Å²) >= 11 is 0. The summed E-state index contributed by atoms with van der Waals surface area (Å²) in [5, 5.41) is 8.29. The Bertz CT molecular complexity index is 1170. The maximum atomic E-state index is 13.0. The predicted molar refractivity (Wildman–Crippen MR) is 108 cm³/mol. The molecule has 1 aromatic carbocycles. The Balaban J connectivity index is 1.64. The second kappa shape index (κ2) is 6.96. The molecule has 0 aliphatic carbocycles. The number of amides is 1. The molecule has 0 aliphatic heterocycles. The fraction of sp³-hybridized carbons (Fsp3) is 0.227. The van der Waals surface area contributed by atoms with Gasteiger partial charge in [-0.2, -0.15) is 0 Å². The molecule has 4 rings (SSSR count). The molecular formula is C22H22N4O2. The van der Waals surface area contributed by atoms with Crippen LogP contribution >= 0.6 is 0 Å². The number of hydrogen-bond acceptors (Lipinski definition) is 4. The van der Waals surface area contributed by atoms with Crippen LogP contribution in [0.25, 0.3) is 22.2 Å². The molecule has 0 saturated carbocycles. The van der Waals surface area contributed by atoms with Gasteiger partial charge in [-0.05, 0) is 57.0 Å². The normalized spacial score (nSPS) is 11.1. The Morgan fingerprint density at radius 2 is 1.89 bits per heavy atom. The van der Waals surface area contributed by atoms with Crippen LogP contribution in [0.2, 0.25) is 0 Å². The summed E-state index contributed by atoms with van der Waals surface area (Å²) in [4.78, 5) is 20.4. The van der Waals surface area contributed by atoms with Crippen LogP contribution in [0.15, 0.2) is 41.2 Å². The van der Waals surface area contributed by atoms with Crippen molar-refractivity contribution in [1.29, 1.82) is 0 Å². The van der Waals surface area contributed by atoms with E-state index in [0.29, 0.717) is 23.6 Å². The minimum Gasteiger partial charge on any atom is -0.360 e. The van der Waals surface area contributed by atoms with Crippen LogP contribution in [0.5, 0.6) is 0 Å². The minimum absolute atomic E-state index is 0.208. The Morgan fingerprint density at radius 1 is 1.14 bits per heavy atom. The summed E-state index contributed by atoms with van der Waals surface area (Å²) in [5.74, 6) is 0.283. The third-order valence-electron chi connectivity index (χ3n) is 5.13. The van der Waals surface area contributed by atoms with Crippen molar-refractivity contribution < 1.29 is 9.32 Å². The molecule has 3 heterocycles. The summed E-state index contributed by atoms with van der Waals surface area (Å²) in [6.45, 7) is 8.40. The molecule has 0 spiro atoms. The third-order valence-corrected chi connectivity index (χ3v) is 5.13. The van der Waals surface area contributed by atoms with Crippen LogP contribution < -0.4 is 5.32 Å². The number of benzene rings is 1. The SMILES string of the molecule is Cc1cc(CNC(=O)c2c(-c3ccncc3)noc2C)c2[nH]c(C)c(C)c2c1. The van der Waals surface area contributed by atoms with Gasteiger partial charge in [-0.1, -0.05) is 16.8 Å². The zero-order chi connectivity index (χ0) is 19.8. The Labute approximate surface area is 163 Å². The van der Waals surface area contributed by atoms with Crippen molar-refractivity contribution in [1.82, 2.24) is 20.4 Å². The van der Waals surface area contributed by atoms with Crippen LogP contribution in [-0.4, -0.2) is 21.0 Å². The largest absolute Gasteiger partial charge is 0.360 e. The molecule has 0 bridgehead atoms. The van der Waals surface area contributed by atoms with E-state index in [1.54, 1.807) is 19.3 Å². The molecule has 4 aromatic rings. The van der Waals surface area contributed by atoms with Crippen molar-refractivity contribution in [2.45, 2.75) is 34.2 Å². The first kappa shape index (κ1) is 18.0. The quantitative estimate of drug-likeness (QED) is 0.555. The van der Waals surface area contributed by atoms with Crippen LogP contribution in [0.4, 0.5) is 0 Å². The van der Waals surface area contributed by atoms with Crippen LogP contribution in [-0.2, 0) is 6.54 Å². The second-order valence-corrected chi connectivity index (χ2v) is 7.10. The lowest BCUT2D eigenvalue weighted by Crippen LogP contribution is -2.24. The van der Waals surface area contributed by atoms with E-state index >= 15 is 0 Å². The van der Waals surface area contributed by atoms with Gasteiger partial charge in [0.2, 0.25) is 0 Å². The molecule has 142 valence electrons. The maximum absolute atomic E-state index is 13.0. The van der Waals surface area contributed by atoms with E-state index in [4.69, 9.17) is 4.52 Å². The molecular weight excluding hydrogens is 352 g/mol. The molecule has 3 aromatic heterocycles. The Morgan fingerprint density at radius 3 is 2.64 bits per heavy atom. The monoisotopic (exact) mass is 374 g/mol. The van der Waals surface area contributed by atoms with E-state index in [2.05, 4.69) is 53.3 Å². The van der Waals surface area contributed by atoms with Crippen molar-refractivity contribution in [2.75, 3.05) is 0 Å². The number of H-pyrrole nitrogens is 1. The van der Waals surface area contributed by atoms with Gasteiger partial charge in [0.15, 0.2) is 0 Å². The number of pyridine rings is 1. The zero-order valence-corrected chi connectivity index (χ0v) is 16.4. The van der Waals surface area contributed by atoms with Crippen molar-refractivity contribution in [3.63, 3.8) is 0 Å². The van der Waals surface area contributed by atoms with Gasteiger partial charge in [-0.15, -0.1) is 0 Å².